The monoisotopic (exact) mass is 195 g/mol. The van der Waals surface area contributed by atoms with Crippen LogP contribution in [0.2, 0.25) is 0 Å². The third-order valence-electron chi connectivity index (χ3n) is 2.05. The summed E-state index contributed by atoms with van der Waals surface area (Å²) in [6.07, 6.45) is 0.637. The van der Waals surface area contributed by atoms with E-state index in [-0.39, 0.29) is 6.61 Å². The van der Waals surface area contributed by atoms with E-state index in [9.17, 15) is 0 Å². The Labute approximate surface area is 84.5 Å². The Balaban J connectivity index is 2.29. The molecule has 3 heteroatoms. The largest absolute Gasteiger partial charge is 0.494 e. The second-order valence-electron chi connectivity index (χ2n) is 3.72. The zero-order valence-electron chi connectivity index (χ0n) is 8.44. The molecule has 3 nitrogen and oxygen atoms in total. The van der Waals surface area contributed by atoms with Gasteiger partial charge in [0.15, 0.2) is 0 Å². The van der Waals surface area contributed by atoms with Crippen LogP contribution < -0.4 is 10.5 Å². The molecule has 0 amide bonds. The SMILES string of the molecule is CC(N)(CO)CCOc1ccccc1. The molecule has 0 radical (unpaired) electrons. The Morgan fingerprint density at radius 2 is 2.00 bits per heavy atom. The van der Waals surface area contributed by atoms with Gasteiger partial charge in [-0.15, -0.1) is 0 Å². The number of aliphatic hydroxyl groups excluding tert-OH is 1. The Morgan fingerprint density at radius 1 is 1.36 bits per heavy atom. The number of rotatable bonds is 5. The average Bonchev–Trinajstić information content (AvgIpc) is 2.19. The first-order chi connectivity index (χ1) is 6.64. The van der Waals surface area contributed by atoms with Crippen molar-refractivity contribution in [3.63, 3.8) is 0 Å². The summed E-state index contributed by atoms with van der Waals surface area (Å²) in [4.78, 5) is 0. The normalized spacial score (nSPS) is 14.8. The molecule has 0 bridgehead atoms. The van der Waals surface area contributed by atoms with E-state index in [0.29, 0.717) is 13.0 Å². The second-order valence-corrected chi connectivity index (χ2v) is 3.72. The van der Waals surface area contributed by atoms with Crippen molar-refractivity contribution in [3.8, 4) is 5.75 Å². The summed E-state index contributed by atoms with van der Waals surface area (Å²) in [6.45, 7) is 2.31. The van der Waals surface area contributed by atoms with Crippen molar-refractivity contribution in [2.45, 2.75) is 18.9 Å². The highest BCUT2D eigenvalue weighted by molar-refractivity contribution is 5.20. The summed E-state index contributed by atoms with van der Waals surface area (Å²) in [5, 5.41) is 8.91. The fraction of sp³-hybridized carbons (Fsp3) is 0.455. The lowest BCUT2D eigenvalue weighted by molar-refractivity contribution is 0.175. The van der Waals surface area contributed by atoms with E-state index in [1.165, 1.54) is 0 Å². The van der Waals surface area contributed by atoms with E-state index in [2.05, 4.69) is 0 Å². The van der Waals surface area contributed by atoms with Gasteiger partial charge >= 0.3 is 0 Å². The number of ether oxygens (including phenoxy) is 1. The number of hydrogen-bond donors (Lipinski definition) is 2. The maximum atomic E-state index is 8.91. The third kappa shape index (κ3) is 3.77. The van der Waals surface area contributed by atoms with Crippen molar-refractivity contribution in [1.82, 2.24) is 0 Å². The minimum absolute atomic E-state index is 0.0227. The second kappa shape index (κ2) is 4.98. The zero-order chi connectivity index (χ0) is 10.4. The Morgan fingerprint density at radius 3 is 2.57 bits per heavy atom. The lowest BCUT2D eigenvalue weighted by Gasteiger charge is -2.21. The maximum Gasteiger partial charge on any atom is 0.119 e. The molecule has 0 fully saturated rings. The molecule has 78 valence electrons. The number of nitrogens with two attached hydrogens (primary N) is 1. The van der Waals surface area contributed by atoms with E-state index in [1.807, 2.05) is 30.3 Å². The van der Waals surface area contributed by atoms with Crippen LogP contribution in [-0.2, 0) is 0 Å². The van der Waals surface area contributed by atoms with Crippen LogP contribution in [0.1, 0.15) is 13.3 Å². The van der Waals surface area contributed by atoms with Gasteiger partial charge < -0.3 is 15.6 Å². The summed E-state index contributed by atoms with van der Waals surface area (Å²) in [7, 11) is 0. The van der Waals surface area contributed by atoms with Gasteiger partial charge in [-0.3, -0.25) is 0 Å². The summed E-state index contributed by atoms with van der Waals surface area (Å²) in [5.74, 6) is 0.834. The third-order valence-corrected chi connectivity index (χ3v) is 2.05. The first kappa shape index (κ1) is 11.0. The molecule has 3 N–H and O–H groups in total. The fourth-order valence-corrected chi connectivity index (χ4v) is 0.998. The summed E-state index contributed by atoms with van der Waals surface area (Å²) in [5.41, 5.74) is 5.20. The topological polar surface area (TPSA) is 55.5 Å². The van der Waals surface area contributed by atoms with Gasteiger partial charge in [0.05, 0.1) is 13.2 Å². The van der Waals surface area contributed by atoms with Crippen LogP contribution in [0, 0.1) is 0 Å². The Kier molecular flexibility index (Phi) is 3.92. The highest BCUT2D eigenvalue weighted by Gasteiger charge is 2.16. The first-order valence-electron chi connectivity index (χ1n) is 4.72. The van der Waals surface area contributed by atoms with Crippen LogP contribution in [0.15, 0.2) is 30.3 Å². The molecular weight excluding hydrogens is 178 g/mol. The molecule has 0 aliphatic carbocycles. The quantitative estimate of drug-likeness (QED) is 0.741. The average molecular weight is 195 g/mol. The van der Waals surface area contributed by atoms with Crippen LogP contribution in [-0.4, -0.2) is 23.9 Å². The van der Waals surface area contributed by atoms with Crippen LogP contribution in [0.4, 0.5) is 0 Å². The van der Waals surface area contributed by atoms with E-state index in [1.54, 1.807) is 6.92 Å². The lowest BCUT2D eigenvalue weighted by Crippen LogP contribution is -2.41. The highest BCUT2D eigenvalue weighted by Crippen LogP contribution is 2.10. The molecule has 1 unspecified atom stereocenters. The first-order valence-corrected chi connectivity index (χ1v) is 4.72. The zero-order valence-corrected chi connectivity index (χ0v) is 8.44. The van der Waals surface area contributed by atoms with E-state index < -0.39 is 5.54 Å². The smallest absolute Gasteiger partial charge is 0.119 e. The van der Waals surface area contributed by atoms with Gasteiger partial charge in [-0.25, -0.2) is 0 Å². The molecule has 1 aromatic rings. The molecule has 0 saturated heterocycles. The molecule has 1 rings (SSSR count). The number of hydrogen-bond acceptors (Lipinski definition) is 3. The lowest BCUT2D eigenvalue weighted by atomic mass is 10.0. The standard InChI is InChI=1S/C11H17NO2/c1-11(12,9-13)7-8-14-10-5-3-2-4-6-10/h2-6,13H,7-9,12H2,1H3. The van der Waals surface area contributed by atoms with Gasteiger partial charge in [-0.1, -0.05) is 18.2 Å². The molecular formula is C11H17NO2. The van der Waals surface area contributed by atoms with E-state index in [0.717, 1.165) is 5.75 Å². The maximum absolute atomic E-state index is 8.91. The van der Waals surface area contributed by atoms with Gasteiger partial charge in [-0.2, -0.15) is 0 Å². The number of aliphatic hydroxyl groups is 1. The van der Waals surface area contributed by atoms with Crippen molar-refractivity contribution in [3.05, 3.63) is 30.3 Å². The fourth-order valence-electron chi connectivity index (χ4n) is 0.998. The molecule has 14 heavy (non-hydrogen) atoms. The predicted molar refractivity (Wildman–Crippen MR) is 56.2 cm³/mol. The molecule has 0 heterocycles. The summed E-state index contributed by atoms with van der Waals surface area (Å²) in [6, 6.07) is 9.57. The van der Waals surface area contributed by atoms with Crippen LogP contribution in [0.25, 0.3) is 0 Å². The van der Waals surface area contributed by atoms with Gasteiger partial charge in [0, 0.05) is 12.0 Å². The number of para-hydroxylation sites is 1. The van der Waals surface area contributed by atoms with Crippen molar-refractivity contribution in [2.75, 3.05) is 13.2 Å². The Bertz CT molecular complexity index is 259. The van der Waals surface area contributed by atoms with Crippen molar-refractivity contribution >= 4 is 0 Å². The Hall–Kier alpha value is -1.06. The predicted octanol–water partition coefficient (Wildman–Crippen LogP) is 1.17. The van der Waals surface area contributed by atoms with E-state index >= 15 is 0 Å². The van der Waals surface area contributed by atoms with Crippen molar-refractivity contribution in [2.24, 2.45) is 5.73 Å². The van der Waals surface area contributed by atoms with Crippen LogP contribution >= 0.6 is 0 Å². The molecule has 0 aliphatic heterocycles. The van der Waals surface area contributed by atoms with Crippen LogP contribution in [0.3, 0.4) is 0 Å². The van der Waals surface area contributed by atoms with Gasteiger partial charge in [0.1, 0.15) is 5.75 Å². The van der Waals surface area contributed by atoms with Gasteiger partial charge in [0.2, 0.25) is 0 Å². The van der Waals surface area contributed by atoms with Gasteiger partial charge in [-0.05, 0) is 19.1 Å². The summed E-state index contributed by atoms with van der Waals surface area (Å²) < 4.78 is 5.45. The van der Waals surface area contributed by atoms with E-state index in [4.69, 9.17) is 15.6 Å². The van der Waals surface area contributed by atoms with Crippen LogP contribution in [0.5, 0.6) is 5.75 Å². The van der Waals surface area contributed by atoms with Crippen molar-refractivity contribution in [1.29, 1.82) is 0 Å². The molecule has 0 spiro atoms. The van der Waals surface area contributed by atoms with Crippen molar-refractivity contribution < 1.29 is 9.84 Å². The minimum atomic E-state index is -0.547. The molecule has 0 aliphatic rings. The molecule has 0 aromatic heterocycles. The molecule has 0 saturated carbocycles. The molecule has 1 aromatic carbocycles. The van der Waals surface area contributed by atoms with Gasteiger partial charge in [0.25, 0.3) is 0 Å². The number of benzene rings is 1. The molecule has 1 atom stereocenters. The highest BCUT2D eigenvalue weighted by atomic mass is 16.5. The summed E-state index contributed by atoms with van der Waals surface area (Å²) >= 11 is 0. The minimum Gasteiger partial charge on any atom is -0.494 e.